The van der Waals surface area contributed by atoms with Crippen LogP contribution < -0.4 is 5.73 Å². The molecule has 0 saturated carbocycles. The SMILES string of the molecule is NCCC(Cc1ccc(Cl)cc1Cl)C(=O)O. The molecule has 1 rings (SSSR count). The van der Waals surface area contributed by atoms with E-state index in [4.69, 9.17) is 34.0 Å². The van der Waals surface area contributed by atoms with Gasteiger partial charge in [-0.25, -0.2) is 0 Å². The zero-order chi connectivity index (χ0) is 12.1. The second-order valence-corrected chi connectivity index (χ2v) is 4.40. The maximum absolute atomic E-state index is 10.9. The minimum atomic E-state index is -0.850. The van der Waals surface area contributed by atoms with Crippen LogP contribution in [0.4, 0.5) is 0 Å². The summed E-state index contributed by atoms with van der Waals surface area (Å²) in [4.78, 5) is 10.9. The van der Waals surface area contributed by atoms with Crippen LogP contribution in [0.2, 0.25) is 10.0 Å². The topological polar surface area (TPSA) is 63.3 Å². The maximum Gasteiger partial charge on any atom is 0.306 e. The lowest BCUT2D eigenvalue weighted by Gasteiger charge is -2.12. The van der Waals surface area contributed by atoms with Crippen LogP contribution in [0.1, 0.15) is 12.0 Å². The standard InChI is InChI=1S/C11H13Cl2NO2/c12-9-2-1-7(10(13)6-9)5-8(3-4-14)11(15)16/h1-2,6,8H,3-5,14H2,(H,15,16). The van der Waals surface area contributed by atoms with Crippen molar-refractivity contribution in [3.05, 3.63) is 33.8 Å². The Morgan fingerprint density at radius 1 is 1.44 bits per heavy atom. The Hall–Kier alpha value is -0.770. The number of hydrogen-bond acceptors (Lipinski definition) is 2. The molecular weight excluding hydrogens is 249 g/mol. The number of carbonyl (C=O) groups is 1. The van der Waals surface area contributed by atoms with Crippen molar-refractivity contribution in [2.75, 3.05) is 6.54 Å². The predicted molar refractivity (Wildman–Crippen MR) is 65.0 cm³/mol. The summed E-state index contributed by atoms with van der Waals surface area (Å²) in [6, 6.07) is 5.06. The van der Waals surface area contributed by atoms with Crippen LogP contribution in [-0.4, -0.2) is 17.6 Å². The molecule has 0 saturated heterocycles. The number of aliphatic carboxylic acids is 1. The highest BCUT2D eigenvalue weighted by molar-refractivity contribution is 6.35. The molecule has 0 aromatic heterocycles. The Kier molecular flexibility index (Phi) is 5.06. The molecule has 0 aliphatic rings. The monoisotopic (exact) mass is 261 g/mol. The molecule has 0 radical (unpaired) electrons. The van der Waals surface area contributed by atoms with E-state index in [-0.39, 0.29) is 0 Å². The predicted octanol–water partition coefficient (Wildman–Crippen LogP) is 2.59. The minimum absolute atomic E-state index is 0.349. The highest BCUT2D eigenvalue weighted by Crippen LogP contribution is 2.24. The lowest BCUT2D eigenvalue weighted by Crippen LogP contribution is -2.20. The fourth-order valence-electron chi connectivity index (χ4n) is 1.47. The third-order valence-corrected chi connectivity index (χ3v) is 2.93. The Bertz CT molecular complexity index is 382. The summed E-state index contributed by atoms with van der Waals surface area (Å²) in [5.41, 5.74) is 6.15. The van der Waals surface area contributed by atoms with Crippen LogP contribution in [0, 0.1) is 5.92 Å². The van der Waals surface area contributed by atoms with Crippen LogP contribution >= 0.6 is 23.2 Å². The summed E-state index contributed by atoms with van der Waals surface area (Å²) in [6.45, 7) is 0.349. The van der Waals surface area contributed by atoms with Gasteiger partial charge < -0.3 is 10.8 Å². The first-order valence-electron chi connectivity index (χ1n) is 4.91. The second-order valence-electron chi connectivity index (χ2n) is 3.55. The fourth-order valence-corrected chi connectivity index (χ4v) is 1.95. The van der Waals surface area contributed by atoms with Crippen molar-refractivity contribution in [2.45, 2.75) is 12.8 Å². The van der Waals surface area contributed by atoms with Gasteiger partial charge in [0.15, 0.2) is 0 Å². The summed E-state index contributed by atoms with van der Waals surface area (Å²) in [7, 11) is 0. The van der Waals surface area contributed by atoms with Crippen molar-refractivity contribution in [3.63, 3.8) is 0 Å². The molecule has 0 aliphatic carbocycles. The highest BCUT2D eigenvalue weighted by atomic mass is 35.5. The van der Waals surface area contributed by atoms with Gasteiger partial charge >= 0.3 is 5.97 Å². The summed E-state index contributed by atoms with van der Waals surface area (Å²) in [6.07, 6.45) is 0.816. The van der Waals surface area contributed by atoms with E-state index in [0.29, 0.717) is 29.4 Å². The van der Waals surface area contributed by atoms with E-state index in [1.807, 2.05) is 0 Å². The lowest BCUT2D eigenvalue weighted by molar-refractivity contribution is -0.141. The third-order valence-electron chi connectivity index (χ3n) is 2.35. The molecule has 0 spiro atoms. The molecule has 3 N–H and O–H groups in total. The lowest BCUT2D eigenvalue weighted by atomic mass is 9.96. The van der Waals surface area contributed by atoms with Gasteiger partial charge in [0, 0.05) is 10.0 Å². The quantitative estimate of drug-likeness (QED) is 0.857. The van der Waals surface area contributed by atoms with Crippen LogP contribution in [-0.2, 0) is 11.2 Å². The minimum Gasteiger partial charge on any atom is -0.481 e. The average Bonchev–Trinajstić information content (AvgIpc) is 2.20. The van der Waals surface area contributed by atoms with Gasteiger partial charge in [-0.15, -0.1) is 0 Å². The zero-order valence-electron chi connectivity index (χ0n) is 8.62. The molecule has 1 unspecified atom stereocenters. The normalized spacial score (nSPS) is 12.4. The number of rotatable bonds is 5. The van der Waals surface area contributed by atoms with E-state index in [2.05, 4.69) is 0 Å². The van der Waals surface area contributed by atoms with Crippen LogP contribution in [0.15, 0.2) is 18.2 Å². The van der Waals surface area contributed by atoms with Gasteiger partial charge in [0.05, 0.1) is 5.92 Å². The smallest absolute Gasteiger partial charge is 0.306 e. The first kappa shape index (κ1) is 13.3. The van der Waals surface area contributed by atoms with Crippen LogP contribution in [0.3, 0.4) is 0 Å². The van der Waals surface area contributed by atoms with Crippen molar-refractivity contribution in [3.8, 4) is 0 Å². The van der Waals surface area contributed by atoms with Crippen molar-refractivity contribution < 1.29 is 9.90 Å². The molecular formula is C11H13Cl2NO2. The molecule has 0 heterocycles. The number of carboxylic acids is 1. The summed E-state index contributed by atoms with van der Waals surface area (Å²) in [5.74, 6) is -1.35. The second kappa shape index (κ2) is 6.09. The largest absolute Gasteiger partial charge is 0.481 e. The Balaban J connectivity index is 2.81. The molecule has 1 aromatic carbocycles. The van der Waals surface area contributed by atoms with E-state index in [1.54, 1.807) is 18.2 Å². The molecule has 88 valence electrons. The first-order valence-corrected chi connectivity index (χ1v) is 5.67. The number of halogens is 2. The molecule has 0 aliphatic heterocycles. The molecule has 0 amide bonds. The van der Waals surface area contributed by atoms with Crippen LogP contribution in [0.25, 0.3) is 0 Å². The van der Waals surface area contributed by atoms with E-state index >= 15 is 0 Å². The maximum atomic E-state index is 10.9. The zero-order valence-corrected chi connectivity index (χ0v) is 10.1. The Labute approximate surface area is 104 Å². The van der Waals surface area contributed by atoms with Crippen LogP contribution in [0.5, 0.6) is 0 Å². The molecule has 0 fully saturated rings. The Morgan fingerprint density at radius 2 is 2.12 bits per heavy atom. The van der Waals surface area contributed by atoms with E-state index < -0.39 is 11.9 Å². The van der Waals surface area contributed by atoms with Crippen molar-refractivity contribution >= 4 is 29.2 Å². The van der Waals surface area contributed by atoms with E-state index in [1.165, 1.54) is 0 Å². The van der Waals surface area contributed by atoms with Gasteiger partial charge in [0.2, 0.25) is 0 Å². The van der Waals surface area contributed by atoms with E-state index in [9.17, 15) is 4.79 Å². The number of carboxylic acid groups (broad SMARTS) is 1. The molecule has 16 heavy (non-hydrogen) atoms. The molecule has 1 atom stereocenters. The number of nitrogens with two attached hydrogens (primary N) is 1. The number of benzene rings is 1. The van der Waals surface area contributed by atoms with Crippen molar-refractivity contribution in [1.29, 1.82) is 0 Å². The molecule has 5 heteroatoms. The van der Waals surface area contributed by atoms with Gasteiger partial charge in [-0.3, -0.25) is 4.79 Å². The van der Waals surface area contributed by atoms with Crippen molar-refractivity contribution in [2.24, 2.45) is 11.7 Å². The highest BCUT2D eigenvalue weighted by Gasteiger charge is 2.18. The molecule has 3 nitrogen and oxygen atoms in total. The average molecular weight is 262 g/mol. The summed E-state index contributed by atoms with van der Waals surface area (Å²) < 4.78 is 0. The summed E-state index contributed by atoms with van der Waals surface area (Å²) >= 11 is 11.7. The van der Waals surface area contributed by atoms with Crippen molar-refractivity contribution in [1.82, 2.24) is 0 Å². The van der Waals surface area contributed by atoms with Gasteiger partial charge in [-0.1, -0.05) is 29.3 Å². The van der Waals surface area contributed by atoms with E-state index in [0.717, 1.165) is 5.56 Å². The first-order chi connectivity index (χ1) is 7.54. The summed E-state index contributed by atoms with van der Waals surface area (Å²) in [5, 5.41) is 10.0. The number of hydrogen-bond donors (Lipinski definition) is 2. The fraction of sp³-hybridized carbons (Fsp3) is 0.364. The Morgan fingerprint density at radius 3 is 2.62 bits per heavy atom. The molecule has 1 aromatic rings. The molecule has 0 bridgehead atoms. The van der Waals surface area contributed by atoms with Gasteiger partial charge in [-0.05, 0) is 37.1 Å². The van der Waals surface area contributed by atoms with Gasteiger partial charge in [0.25, 0.3) is 0 Å². The van der Waals surface area contributed by atoms with Gasteiger partial charge in [-0.2, -0.15) is 0 Å². The van der Waals surface area contributed by atoms with Gasteiger partial charge in [0.1, 0.15) is 0 Å². The third kappa shape index (κ3) is 3.67.